The van der Waals surface area contributed by atoms with Crippen LogP contribution in [0.3, 0.4) is 0 Å². The number of thiazole rings is 1. The maximum atomic E-state index is 12.2. The zero-order valence-corrected chi connectivity index (χ0v) is 15.8. The van der Waals surface area contributed by atoms with E-state index in [2.05, 4.69) is 14.7 Å². The Labute approximate surface area is 164 Å². The second-order valence-electron chi connectivity index (χ2n) is 6.06. The zero-order chi connectivity index (χ0) is 20.1. The lowest BCUT2D eigenvalue weighted by Crippen LogP contribution is -2.34. The number of methoxy groups -OCH3 is 1. The van der Waals surface area contributed by atoms with Gasteiger partial charge in [-0.15, -0.1) is 11.3 Å². The van der Waals surface area contributed by atoms with Gasteiger partial charge in [-0.2, -0.15) is 8.78 Å². The molecule has 150 valence electrons. The van der Waals surface area contributed by atoms with Crippen LogP contribution in [-0.4, -0.2) is 60.9 Å². The summed E-state index contributed by atoms with van der Waals surface area (Å²) in [6, 6.07) is 0. The molecule has 0 bridgehead atoms. The number of carbonyl (C=O) groups excluding carboxylic acids is 1. The summed E-state index contributed by atoms with van der Waals surface area (Å²) in [6.45, 7) is -1.73. The smallest absolute Gasteiger partial charge is 0.438 e. The first-order valence-corrected chi connectivity index (χ1v) is 9.31. The van der Waals surface area contributed by atoms with Gasteiger partial charge in [0.05, 0.1) is 26.0 Å². The summed E-state index contributed by atoms with van der Waals surface area (Å²) in [7, 11) is 1.25. The first-order chi connectivity index (χ1) is 13.5. The number of amidine groups is 1. The molecule has 0 amide bonds. The molecule has 1 aromatic heterocycles. The number of alkyl halides is 2. The number of carbonyl (C=O) groups is 1. The molecule has 2 aliphatic rings. The van der Waals surface area contributed by atoms with E-state index in [1.165, 1.54) is 24.5 Å². The molecule has 11 heteroatoms. The molecule has 1 fully saturated rings. The van der Waals surface area contributed by atoms with Crippen molar-refractivity contribution in [3.8, 4) is 0 Å². The molecule has 0 saturated carbocycles. The molecule has 2 N–H and O–H groups in total. The van der Waals surface area contributed by atoms with Crippen molar-refractivity contribution in [2.45, 2.75) is 13.0 Å². The highest BCUT2D eigenvalue weighted by molar-refractivity contribution is 7.11. The molecule has 0 aliphatic carbocycles. The third-order valence-corrected chi connectivity index (χ3v) is 5.03. The molecule has 0 aromatic carbocycles. The van der Waals surface area contributed by atoms with Gasteiger partial charge in [0, 0.05) is 41.5 Å². The van der Waals surface area contributed by atoms with Crippen molar-refractivity contribution in [1.29, 1.82) is 5.41 Å². The number of allylic oxidation sites excluding steroid dienone is 2. The van der Waals surface area contributed by atoms with E-state index in [1.54, 1.807) is 6.20 Å². The summed E-state index contributed by atoms with van der Waals surface area (Å²) in [4.78, 5) is 22.1. The molecule has 0 spiro atoms. The topological polar surface area (TPSA) is 99.9 Å². The van der Waals surface area contributed by atoms with Gasteiger partial charge in [-0.1, -0.05) is 0 Å². The second kappa shape index (κ2) is 8.91. The van der Waals surface area contributed by atoms with Gasteiger partial charge in [-0.25, -0.2) is 9.78 Å². The maximum absolute atomic E-state index is 12.2. The first-order valence-electron chi connectivity index (χ1n) is 8.44. The fourth-order valence-corrected chi connectivity index (χ4v) is 3.72. The molecular formula is C17H19F2N5O3S. The molecule has 2 aliphatic heterocycles. The molecular weight excluding hydrogens is 392 g/mol. The highest BCUT2D eigenvalue weighted by atomic mass is 32.1. The second-order valence-corrected chi connectivity index (χ2v) is 6.96. The summed E-state index contributed by atoms with van der Waals surface area (Å²) < 4.78 is 34.1. The number of hydrogen-bond acceptors (Lipinski definition) is 9. The molecule has 1 saturated heterocycles. The van der Waals surface area contributed by atoms with Crippen molar-refractivity contribution < 1.29 is 23.0 Å². The summed E-state index contributed by atoms with van der Waals surface area (Å²) >= 11 is 1.46. The Morgan fingerprint density at radius 2 is 2.39 bits per heavy atom. The van der Waals surface area contributed by atoms with E-state index in [0.717, 1.165) is 16.9 Å². The standard InChI is InChI=1S/C17H19F2N5O3S/c1-26-17(25)27-9-10-6-13-11(12(20)2-3-22-16(18)19)7-23-14(24(13)8-10)15-21-4-5-28-15/h2-5,10,16,20,22H,6-9H2,1H3/b3-2-,20-12?. The van der Waals surface area contributed by atoms with Gasteiger partial charge in [0.25, 0.3) is 0 Å². The van der Waals surface area contributed by atoms with Gasteiger partial charge in [0.1, 0.15) is 0 Å². The number of halogens is 2. The van der Waals surface area contributed by atoms with Crippen molar-refractivity contribution >= 4 is 29.0 Å². The summed E-state index contributed by atoms with van der Waals surface area (Å²) in [5, 5.41) is 12.7. The SMILES string of the molecule is COC(=O)OCC1CC2=C(C(=N)/C=C\NC(F)F)CN=C(c3nccs3)N2C1. The van der Waals surface area contributed by atoms with Crippen molar-refractivity contribution in [1.82, 2.24) is 15.2 Å². The van der Waals surface area contributed by atoms with Crippen LogP contribution < -0.4 is 5.32 Å². The van der Waals surface area contributed by atoms with Gasteiger partial charge < -0.3 is 25.1 Å². The van der Waals surface area contributed by atoms with E-state index in [4.69, 9.17) is 10.1 Å². The molecule has 1 atom stereocenters. The molecule has 1 aromatic rings. The van der Waals surface area contributed by atoms with E-state index >= 15 is 0 Å². The molecule has 0 radical (unpaired) electrons. The monoisotopic (exact) mass is 411 g/mol. The Kier molecular flexibility index (Phi) is 6.34. The Bertz CT molecular complexity index is 823. The number of nitrogens with one attached hydrogen (secondary N) is 2. The number of nitrogens with zero attached hydrogens (tertiary/aromatic N) is 3. The third-order valence-electron chi connectivity index (χ3n) is 4.26. The summed E-state index contributed by atoms with van der Waals surface area (Å²) in [5.41, 5.74) is 1.61. The highest BCUT2D eigenvalue weighted by Crippen LogP contribution is 2.34. The number of aromatic nitrogens is 1. The number of aliphatic imine (C=N–C) groups is 1. The number of ether oxygens (including phenoxy) is 2. The summed E-state index contributed by atoms with van der Waals surface area (Å²) in [6.07, 6.45) is 3.85. The normalized spacial score (nSPS) is 19.1. The number of fused-ring (bicyclic) bond motifs is 1. The maximum Gasteiger partial charge on any atom is 0.507 e. The lowest BCUT2D eigenvalue weighted by atomic mass is 10.0. The van der Waals surface area contributed by atoms with Gasteiger partial charge in [-0.3, -0.25) is 4.99 Å². The van der Waals surface area contributed by atoms with E-state index in [0.29, 0.717) is 24.4 Å². The average Bonchev–Trinajstić information content (AvgIpc) is 3.34. The Balaban J connectivity index is 1.81. The minimum Gasteiger partial charge on any atom is -0.438 e. The van der Waals surface area contributed by atoms with E-state index in [9.17, 15) is 13.6 Å². The lowest BCUT2D eigenvalue weighted by molar-refractivity contribution is 0.0615. The predicted molar refractivity (Wildman–Crippen MR) is 99.7 cm³/mol. The largest absolute Gasteiger partial charge is 0.507 e. The van der Waals surface area contributed by atoms with Crippen molar-refractivity contribution in [2.75, 3.05) is 26.8 Å². The molecule has 3 rings (SSSR count). The van der Waals surface area contributed by atoms with Crippen LogP contribution in [0.25, 0.3) is 0 Å². The Morgan fingerprint density at radius 1 is 1.57 bits per heavy atom. The van der Waals surface area contributed by atoms with Crippen molar-refractivity contribution in [3.05, 3.63) is 40.1 Å². The number of hydrogen-bond donors (Lipinski definition) is 2. The molecule has 1 unspecified atom stereocenters. The Hall–Kier alpha value is -2.82. The van der Waals surface area contributed by atoms with Crippen LogP contribution in [0.4, 0.5) is 13.6 Å². The third kappa shape index (κ3) is 4.53. The van der Waals surface area contributed by atoms with Crippen LogP contribution >= 0.6 is 11.3 Å². The fourth-order valence-electron chi connectivity index (χ4n) is 3.07. The fraction of sp³-hybridized carbons (Fsp3) is 0.412. The first kappa shape index (κ1) is 19.9. The molecule has 8 nitrogen and oxygen atoms in total. The Morgan fingerprint density at radius 3 is 3.07 bits per heavy atom. The minimum absolute atomic E-state index is 0.0108. The molecule has 3 heterocycles. The quantitative estimate of drug-likeness (QED) is 0.406. The van der Waals surface area contributed by atoms with Crippen molar-refractivity contribution in [2.24, 2.45) is 10.9 Å². The van der Waals surface area contributed by atoms with Crippen LogP contribution in [0.2, 0.25) is 0 Å². The van der Waals surface area contributed by atoms with Gasteiger partial charge >= 0.3 is 12.7 Å². The van der Waals surface area contributed by atoms with E-state index in [-0.39, 0.29) is 24.8 Å². The average molecular weight is 411 g/mol. The predicted octanol–water partition coefficient (Wildman–Crippen LogP) is 2.61. The van der Waals surface area contributed by atoms with Crippen LogP contribution in [0.1, 0.15) is 11.4 Å². The summed E-state index contributed by atoms with van der Waals surface area (Å²) in [5.74, 6) is 0.695. The molecule has 28 heavy (non-hydrogen) atoms. The van der Waals surface area contributed by atoms with Gasteiger partial charge in [-0.05, 0) is 12.5 Å². The lowest BCUT2D eigenvalue weighted by Gasteiger charge is -2.27. The van der Waals surface area contributed by atoms with E-state index in [1.807, 2.05) is 15.6 Å². The van der Waals surface area contributed by atoms with Crippen LogP contribution in [-0.2, 0) is 9.47 Å². The van der Waals surface area contributed by atoms with Gasteiger partial charge in [0.2, 0.25) is 0 Å². The van der Waals surface area contributed by atoms with Crippen LogP contribution in [0, 0.1) is 11.3 Å². The zero-order valence-electron chi connectivity index (χ0n) is 15.0. The minimum atomic E-state index is -2.69. The van der Waals surface area contributed by atoms with Crippen molar-refractivity contribution in [3.63, 3.8) is 0 Å². The number of rotatable bonds is 7. The van der Waals surface area contributed by atoms with Crippen LogP contribution in [0.15, 0.2) is 40.1 Å². The van der Waals surface area contributed by atoms with Gasteiger partial charge in [0.15, 0.2) is 10.8 Å². The van der Waals surface area contributed by atoms with Crippen LogP contribution in [0.5, 0.6) is 0 Å². The highest BCUT2D eigenvalue weighted by Gasteiger charge is 2.36. The van der Waals surface area contributed by atoms with E-state index < -0.39 is 12.7 Å².